The Morgan fingerprint density at radius 2 is 2.06 bits per heavy atom. The fourth-order valence-corrected chi connectivity index (χ4v) is 1.75. The van der Waals surface area contributed by atoms with E-state index in [4.69, 9.17) is 16.3 Å². The van der Waals surface area contributed by atoms with Crippen molar-refractivity contribution in [3.05, 3.63) is 50.9 Å². The third-order valence-electron chi connectivity index (χ3n) is 1.82. The Bertz CT molecular complexity index is 521. The van der Waals surface area contributed by atoms with Gasteiger partial charge in [-0.05, 0) is 40.8 Å². The number of pyridine rings is 1. The number of benzene rings is 1. The Morgan fingerprint density at radius 3 is 2.75 bits per heavy atom. The standard InChI is InChI=1S/C11H6ClFINO/c12-7-5-8(13)11(15-6-7)16-10-4-2-1-3-9(10)14/h1-6H. The van der Waals surface area contributed by atoms with Gasteiger partial charge in [-0.25, -0.2) is 9.37 Å². The molecule has 0 spiro atoms. The maximum Gasteiger partial charge on any atom is 0.256 e. The average Bonchev–Trinajstić information content (AvgIpc) is 2.25. The Kier molecular flexibility index (Phi) is 3.60. The molecule has 0 unspecified atom stereocenters. The van der Waals surface area contributed by atoms with Gasteiger partial charge in [0, 0.05) is 6.20 Å². The number of para-hydroxylation sites is 1. The Balaban J connectivity index is 2.31. The van der Waals surface area contributed by atoms with Crippen LogP contribution >= 0.6 is 34.2 Å². The lowest BCUT2D eigenvalue weighted by molar-refractivity contribution is 0.420. The van der Waals surface area contributed by atoms with Gasteiger partial charge in [0.1, 0.15) is 5.75 Å². The molecule has 82 valence electrons. The molecule has 0 aliphatic carbocycles. The zero-order valence-corrected chi connectivity index (χ0v) is 10.9. The lowest BCUT2D eigenvalue weighted by atomic mass is 10.3. The van der Waals surface area contributed by atoms with Gasteiger partial charge in [-0.15, -0.1) is 0 Å². The molecule has 2 rings (SSSR count). The predicted octanol–water partition coefficient (Wildman–Crippen LogP) is 4.27. The fraction of sp³-hybridized carbons (Fsp3) is 0. The van der Waals surface area contributed by atoms with Gasteiger partial charge in [-0.3, -0.25) is 0 Å². The van der Waals surface area contributed by atoms with Crippen LogP contribution in [-0.2, 0) is 0 Å². The predicted molar refractivity (Wildman–Crippen MR) is 68.4 cm³/mol. The van der Waals surface area contributed by atoms with Gasteiger partial charge in [0.25, 0.3) is 5.88 Å². The number of nitrogens with zero attached hydrogens (tertiary/aromatic N) is 1. The normalized spacial score (nSPS) is 10.2. The molecular weight excluding hydrogens is 343 g/mol. The van der Waals surface area contributed by atoms with Gasteiger partial charge in [-0.1, -0.05) is 23.7 Å². The highest BCUT2D eigenvalue weighted by Crippen LogP contribution is 2.27. The molecule has 1 aromatic heterocycles. The van der Waals surface area contributed by atoms with Crippen molar-refractivity contribution in [3.63, 3.8) is 0 Å². The van der Waals surface area contributed by atoms with Crippen LogP contribution in [0.5, 0.6) is 11.6 Å². The molecule has 0 radical (unpaired) electrons. The van der Waals surface area contributed by atoms with E-state index in [2.05, 4.69) is 27.6 Å². The first-order valence-electron chi connectivity index (χ1n) is 4.40. The van der Waals surface area contributed by atoms with Gasteiger partial charge in [0.05, 0.1) is 8.59 Å². The first-order valence-corrected chi connectivity index (χ1v) is 5.86. The van der Waals surface area contributed by atoms with Gasteiger partial charge < -0.3 is 4.74 Å². The van der Waals surface area contributed by atoms with Crippen molar-refractivity contribution in [2.45, 2.75) is 0 Å². The zero-order valence-electron chi connectivity index (χ0n) is 7.95. The molecule has 2 aromatic rings. The Hall–Kier alpha value is -0.880. The van der Waals surface area contributed by atoms with Gasteiger partial charge >= 0.3 is 0 Å². The minimum atomic E-state index is -0.577. The van der Waals surface area contributed by atoms with E-state index in [0.29, 0.717) is 5.75 Å². The summed E-state index contributed by atoms with van der Waals surface area (Å²) in [4.78, 5) is 3.78. The molecule has 0 atom stereocenters. The molecule has 0 saturated carbocycles. The molecule has 0 aliphatic heterocycles. The number of hydrogen-bond donors (Lipinski definition) is 0. The smallest absolute Gasteiger partial charge is 0.256 e. The van der Waals surface area contributed by atoms with Crippen LogP contribution in [-0.4, -0.2) is 4.98 Å². The van der Waals surface area contributed by atoms with Crippen LogP contribution in [0, 0.1) is 9.39 Å². The van der Waals surface area contributed by atoms with E-state index in [-0.39, 0.29) is 10.9 Å². The summed E-state index contributed by atoms with van der Waals surface area (Å²) in [6, 6.07) is 8.46. The monoisotopic (exact) mass is 349 g/mol. The summed E-state index contributed by atoms with van der Waals surface area (Å²) in [6.07, 6.45) is 1.34. The van der Waals surface area contributed by atoms with Crippen molar-refractivity contribution in [2.75, 3.05) is 0 Å². The van der Waals surface area contributed by atoms with Gasteiger partial charge in [-0.2, -0.15) is 0 Å². The van der Waals surface area contributed by atoms with Crippen LogP contribution in [0.1, 0.15) is 0 Å². The molecular formula is C11H6ClFINO. The Labute approximate surface area is 111 Å². The molecule has 0 aliphatic rings. The van der Waals surface area contributed by atoms with Crippen LogP contribution in [0.4, 0.5) is 4.39 Å². The molecule has 0 bridgehead atoms. The molecule has 1 aromatic carbocycles. The third-order valence-corrected chi connectivity index (χ3v) is 2.92. The maximum absolute atomic E-state index is 13.4. The molecule has 2 nitrogen and oxygen atoms in total. The lowest BCUT2D eigenvalue weighted by Crippen LogP contribution is -1.93. The van der Waals surface area contributed by atoms with E-state index in [1.54, 1.807) is 6.07 Å². The van der Waals surface area contributed by atoms with E-state index in [1.165, 1.54) is 12.3 Å². The van der Waals surface area contributed by atoms with E-state index >= 15 is 0 Å². The van der Waals surface area contributed by atoms with Crippen LogP contribution < -0.4 is 4.74 Å². The second-order valence-corrected chi connectivity index (χ2v) is 4.57. The molecule has 1 heterocycles. The van der Waals surface area contributed by atoms with E-state index < -0.39 is 5.82 Å². The summed E-state index contributed by atoms with van der Waals surface area (Å²) < 4.78 is 19.6. The third kappa shape index (κ3) is 2.62. The highest BCUT2D eigenvalue weighted by Gasteiger charge is 2.08. The summed E-state index contributed by atoms with van der Waals surface area (Å²) in [5, 5.41) is 0.243. The van der Waals surface area contributed by atoms with Crippen molar-refractivity contribution >= 4 is 34.2 Å². The number of hydrogen-bond acceptors (Lipinski definition) is 2. The summed E-state index contributed by atoms with van der Waals surface area (Å²) in [6.45, 7) is 0. The zero-order chi connectivity index (χ0) is 11.5. The van der Waals surface area contributed by atoms with Gasteiger partial charge in [0.2, 0.25) is 0 Å². The van der Waals surface area contributed by atoms with Gasteiger partial charge in [0.15, 0.2) is 5.82 Å². The van der Waals surface area contributed by atoms with Crippen molar-refractivity contribution < 1.29 is 9.13 Å². The maximum atomic E-state index is 13.4. The molecule has 16 heavy (non-hydrogen) atoms. The molecule has 5 heteroatoms. The minimum absolute atomic E-state index is 0.0754. The molecule has 0 N–H and O–H groups in total. The second kappa shape index (κ2) is 4.97. The average molecular weight is 350 g/mol. The van der Waals surface area contributed by atoms with Crippen LogP contribution in [0.2, 0.25) is 5.02 Å². The quantitative estimate of drug-likeness (QED) is 0.755. The number of aromatic nitrogens is 1. The van der Waals surface area contributed by atoms with Crippen molar-refractivity contribution in [1.82, 2.24) is 4.98 Å². The number of ether oxygens (including phenoxy) is 1. The second-order valence-electron chi connectivity index (χ2n) is 2.97. The fourth-order valence-electron chi connectivity index (χ4n) is 1.11. The molecule has 0 saturated heterocycles. The summed E-state index contributed by atoms with van der Waals surface area (Å²) in [7, 11) is 0. The van der Waals surface area contributed by atoms with Crippen molar-refractivity contribution in [2.24, 2.45) is 0 Å². The van der Waals surface area contributed by atoms with E-state index in [1.807, 2.05) is 18.2 Å². The van der Waals surface area contributed by atoms with Crippen molar-refractivity contribution in [3.8, 4) is 11.6 Å². The first kappa shape index (κ1) is 11.6. The Morgan fingerprint density at radius 1 is 1.31 bits per heavy atom. The first-order chi connectivity index (χ1) is 7.66. The van der Waals surface area contributed by atoms with E-state index in [9.17, 15) is 4.39 Å². The SMILES string of the molecule is Fc1cc(Cl)cnc1Oc1ccccc1I. The molecule has 0 amide bonds. The van der Waals surface area contributed by atoms with Crippen LogP contribution in [0.15, 0.2) is 36.5 Å². The largest absolute Gasteiger partial charge is 0.435 e. The van der Waals surface area contributed by atoms with E-state index in [0.717, 1.165) is 3.57 Å². The number of rotatable bonds is 2. The highest BCUT2D eigenvalue weighted by molar-refractivity contribution is 14.1. The topological polar surface area (TPSA) is 22.1 Å². The van der Waals surface area contributed by atoms with Crippen molar-refractivity contribution in [1.29, 1.82) is 0 Å². The lowest BCUT2D eigenvalue weighted by Gasteiger charge is -2.07. The highest BCUT2D eigenvalue weighted by atomic mass is 127. The summed E-state index contributed by atoms with van der Waals surface area (Å²) in [5.74, 6) is -0.0857. The summed E-state index contributed by atoms with van der Waals surface area (Å²) >= 11 is 7.70. The number of halogens is 3. The molecule has 0 fully saturated rings. The van der Waals surface area contributed by atoms with Crippen LogP contribution in [0.25, 0.3) is 0 Å². The summed E-state index contributed by atoms with van der Waals surface area (Å²) in [5.41, 5.74) is 0. The van der Waals surface area contributed by atoms with Crippen LogP contribution in [0.3, 0.4) is 0 Å². The minimum Gasteiger partial charge on any atom is -0.435 e.